The van der Waals surface area contributed by atoms with E-state index >= 15 is 0 Å². The highest BCUT2D eigenvalue weighted by atomic mass is 16.5. The lowest BCUT2D eigenvalue weighted by Crippen LogP contribution is -2.06. The van der Waals surface area contributed by atoms with Crippen molar-refractivity contribution in [1.29, 1.82) is 5.26 Å². The van der Waals surface area contributed by atoms with Crippen molar-refractivity contribution < 1.29 is 9.47 Å². The number of nitrogens with one attached hydrogen (secondary N) is 1. The molecule has 0 bridgehead atoms. The molecule has 0 fully saturated rings. The van der Waals surface area contributed by atoms with Crippen LogP contribution < -0.4 is 14.8 Å². The number of hydrogen-bond donors (Lipinski definition) is 1. The van der Waals surface area contributed by atoms with E-state index in [1.165, 1.54) is 0 Å². The van der Waals surface area contributed by atoms with Gasteiger partial charge in [-0.25, -0.2) is 4.98 Å². The van der Waals surface area contributed by atoms with Gasteiger partial charge in [-0.15, -0.1) is 0 Å². The third kappa shape index (κ3) is 4.38. The van der Waals surface area contributed by atoms with Crippen molar-refractivity contribution in [3.63, 3.8) is 0 Å². The Balaban J connectivity index is 1.99. The molecule has 0 aliphatic heterocycles. The monoisotopic (exact) mass is 297 g/mol. The molecular weight excluding hydrogens is 278 g/mol. The number of hydrogen-bond acceptors (Lipinski definition) is 5. The molecule has 0 aliphatic rings. The molecule has 1 aromatic carbocycles. The first-order chi connectivity index (χ1) is 10.8. The highest BCUT2D eigenvalue weighted by Gasteiger charge is 2.06. The minimum absolute atomic E-state index is 0.490. The van der Waals surface area contributed by atoms with Crippen molar-refractivity contribution in [1.82, 2.24) is 4.98 Å². The van der Waals surface area contributed by atoms with Crippen LogP contribution in [0.3, 0.4) is 0 Å². The molecule has 5 nitrogen and oxygen atoms in total. The number of anilines is 1. The van der Waals surface area contributed by atoms with Crippen LogP contribution >= 0.6 is 0 Å². The molecule has 1 heterocycles. The Morgan fingerprint density at radius 3 is 2.82 bits per heavy atom. The van der Waals surface area contributed by atoms with Crippen molar-refractivity contribution in [2.24, 2.45) is 0 Å². The summed E-state index contributed by atoms with van der Waals surface area (Å²) in [6, 6.07) is 13.6. The molecule has 0 radical (unpaired) electrons. The van der Waals surface area contributed by atoms with Crippen molar-refractivity contribution in [2.75, 3.05) is 19.0 Å². The zero-order valence-electron chi connectivity index (χ0n) is 12.6. The molecule has 0 atom stereocenters. The maximum Gasteiger partial charge on any atom is 0.169 e. The number of aromatic nitrogens is 1. The normalized spacial score (nSPS) is 9.82. The molecule has 0 saturated heterocycles. The first kappa shape index (κ1) is 15.6. The quantitative estimate of drug-likeness (QED) is 0.756. The summed E-state index contributed by atoms with van der Waals surface area (Å²) < 4.78 is 11.0. The van der Waals surface area contributed by atoms with E-state index in [0.717, 1.165) is 11.3 Å². The van der Waals surface area contributed by atoms with Crippen LogP contribution in [-0.4, -0.2) is 18.7 Å². The van der Waals surface area contributed by atoms with Gasteiger partial charge in [0.05, 0.1) is 19.8 Å². The Kier molecular flexibility index (Phi) is 6.06. The predicted molar refractivity (Wildman–Crippen MR) is 84.9 cm³/mol. The van der Waals surface area contributed by atoms with E-state index in [0.29, 0.717) is 37.6 Å². The second-order valence-electron chi connectivity index (χ2n) is 4.63. The van der Waals surface area contributed by atoms with E-state index in [2.05, 4.69) is 16.4 Å². The van der Waals surface area contributed by atoms with Gasteiger partial charge in [0.1, 0.15) is 5.75 Å². The summed E-state index contributed by atoms with van der Waals surface area (Å²) >= 11 is 0. The lowest BCUT2D eigenvalue weighted by molar-refractivity contribution is 0.313. The maximum atomic E-state index is 8.54. The maximum absolute atomic E-state index is 8.54. The summed E-state index contributed by atoms with van der Waals surface area (Å²) in [6.45, 7) is 1.10. The molecule has 0 amide bonds. The molecule has 1 N–H and O–H groups in total. The molecule has 114 valence electrons. The summed E-state index contributed by atoms with van der Waals surface area (Å²) in [5, 5.41) is 11.8. The Morgan fingerprint density at radius 2 is 2.00 bits per heavy atom. The van der Waals surface area contributed by atoms with Crippen molar-refractivity contribution in [3.05, 3.63) is 48.2 Å². The Hall–Kier alpha value is -2.74. The molecule has 22 heavy (non-hydrogen) atoms. The molecule has 2 aromatic rings. The van der Waals surface area contributed by atoms with E-state index in [4.69, 9.17) is 14.7 Å². The first-order valence-electron chi connectivity index (χ1n) is 7.15. The fraction of sp³-hybridized carbons (Fsp3) is 0.294. The highest BCUT2D eigenvalue weighted by Crippen LogP contribution is 2.24. The number of ether oxygens (including phenoxy) is 2. The van der Waals surface area contributed by atoms with Crippen LogP contribution in [0.25, 0.3) is 0 Å². The number of nitrogens with zero attached hydrogens (tertiary/aromatic N) is 2. The van der Waals surface area contributed by atoms with Crippen LogP contribution in [0.2, 0.25) is 0 Å². The van der Waals surface area contributed by atoms with Gasteiger partial charge in [0.15, 0.2) is 11.6 Å². The minimum Gasteiger partial charge on any atom is -0.496 e. The van der Waals surface area contributed by atoms with E-state index in [-0.39, 0.29) is 0 Å². The van der Waals surface area contributed by atoms with Gasteiger partial charge in [-0.1, -0.05) is 18.2 Å². The van der Waals surface area contributed by atoms with Gasteiger partial charge in [0.2, 0.25) is 0 Å². The van der Waals surface area contributed by atoms with E-state index < -0.39 is 0 Å². The SMILES string of the molecule is COc1ccccc1CNc1ncccc1OCCCC#N. The third-order valence-corrected chi connectivity index (χ3v) is 3.10. The minimum atomic E-state index is 0.490. The summed E-state index contributed by atoms with van der Waals surface area (Å²) in [5.74, 6) is 2.21. The lowest BCUT2D eigenvalue weighted by atomic mass is 10.2. The highest BCUT2D eigenvalue weighted by molar-refractivity contribution is 5.50. The zero-order chi connectivity index (χ0) is 15.6. The van der Waals surface area contributed by atoms with Crippen molar-refractivity contribution >= 4 is 5.82 Å². The first-order valence-corrected chi connectivity index (χ1v) is 7.15. The fourth-order valence-corrected chi connectivity index (χ4v) is 2.00. The van der Waals surface area contributed by atoms with Gasteiger partial charge in [0.25, 0.3) is 0 Å². The number of para-hydroxylation sites is 1. The van der Waals surface area contributed by atoms with Crippen molar-refractivity contribution in [3.8, 4) is 17.6 Å². The summed E-state index contributed by atoms with van der Waals surface area (Å²) in [4.78, 5) is 4.31. The number of unbranched alkanes of at least 4 members (excludes halogenated alkanes) is 1. The van der Waals surface area contributed by atoms with E-state index in [9.17, 15) is 0 Å². The number of pyridine rings is 1. The summed E-state index contributed by atoms with van der Waals surface area (Å²) in [5.41, 5.74) is 1.05. The standard InChI is InChI=1S/C17H19N3O2/c1-21-15-8-3-2-7-14(15)13-20-17-16(9-6-11-19-17)22-12-5-4-10-18/h2-3,6-9,11H,4-5,12-13H2,1H3,(H,19,20). The number of nitriles is 1. The average Bonchev–Trinajstić information content (AvgIpc) is 2.58. The predicted octanol–water partition coefficient (Wildman–Crippen LogP) is 3.38. The number of methoxy groups -OCH3 is 1. The largest absolute Gasteiger partial charge is 0.496 e. The Labute approximate surface area is 130 Å². The molecule has 0 unspecified atom stereocenters. The van der Waals surface area contributed by atoms with Crippen LogP contribution in [0.5, 0.6) is 11.5 Å². The topological polar surface area (TPSA) is 67.2 Å². The average molecular weight is 297 g/mol. The summed E-state index contributed by atoms with van der Waals surface area (Å²) in [6.07, 6.45) is 2.91. The third-order valence-electron chi connectivity index (χ3n) is 3.10. The Morgan fingerprint density at radius 1 is 1.18 bits per heavy atom. The van der Waals surface area contributed by atoms with E-state index in [1.807, 2.05) is 36.4 Å². The molecule has 1 aromatic heterocycles. The van der Waals surface area contributed by atoms with Gasteiger partial charge in [-0.2, -0.15) is 5.26 Å². The number of benzene rings is 1. The van der Waals surface area contributed by atoms with E-state index in [1.54, 1.807) is 13.3 Å². The second kappa shape index (κ2) is 8.53. The molecule has 0 aliphatic carbocycles. The van der Waals surface area contributed by atoms with Crippen LogP contribution in [0.15, 0.2) is 42.6 Å². The zero-order valence-corrected chi connectivity index (χ0v) is 12.6. The van der Waals surface area contributed by atoms with Crippen LogP contribution in [0.4, 0.5) is 5.82 Å². The van der Waals surface area contributed by atoms with Crippen LogP contribution in [-0.2, 0) is 6.54 Å². The van der Waals surface area contributed by atoms with Gasteiger partial charge in [-0.3, -0.25) is 0 Å². The molecule has 0 spiro atoms. The number of rotatable bonds is 8. The van der Waals surface area contributed by atoms with Crippen molar-refractivity contribution in [2.45, 2.75) is 19.4 Å². The van der Waals surface area contributed by atoms with Gasteiger partial charge in [-0.05, 0) is 24.6 Å². The Bertz CT molecular complexity index is 638. The summed E-state index contributed by atoms with van der Waals surface area (Å²) in [7, 11) is 1.66. The fourth-order valence-electron chi connectivity index (χ4n) is 2.00. The van der Waals surface area contributed by atoms with Crippen LogP contribution in [0.1, 0.15) is 18.4 Å². The molecule has 2 rings (SSSR count). The van der Waals surface area contributed by atoms with Gasteiger partial charge < -0.3 is 14.8 Å². The smallest absolute Gasteiger partial charge is 0.169 e. The van der Waals surface area contributed by atoms with Gasteiger partial charge >= 0.3 is 0 Å². The molecule has 5 heteroatoms. The molecule has 0 saturated carbocycles. The van der Waals surface area contributed by atoms with Crippen LogP contribution in [0, 0.1) is 11.3 Å². The molecular formula is C17H19N3O2. The van der Waals surface area contributed by atoms with Gasteiger partial charge in [0, 0.05) is 24.7 Å². The lowest BCUT2D eigenvalue weighted by Gasteiger charge is -2.13. The second-order valence-corrected chi connectivity index (χ2v) is 4.63.